The van der Waals surface area contributed by atoms with Gasteiger partial charge in [-0.1, -0.05) is 36.7 Å². The molecule has 1 amide bonds. The number of rotatable bonds is 10. The number of aliphatic hydroxyl groups excluding tert-OH is 1. The summed E-state index contributed by atoms with van der Waals surface area (Å²) in [5.41, 5.74) is 2.94. The molecule has 1 aliphatic heterocycles. The Kier molecular flexibility index (Phi) is 8.55. The van der Waals surface area contributed by atoms with Crippen LogP contribution in [-0.2, 0) is 6.42 Å². The highest BCUT2D eigenvalue weighted by atomic mass is 35.5. The number of carbonyl (C=O) groups is 1. The van der Waals surface area contributed by atoms with Gasteiger partial charge in [0, 0.05) is 44.7 Å². The number of benzene rings is 2. The molecule has 2 heterocycles. The van der Waals surface area contributed by atoms with Crippen LogP contribution in [0, 0.1) is 0 Å². The van der Waals surface area contributed by atoms with Gasteiger partial charge < -0.3 is 24.5 Å². The lowest BCUT2D eigenvalue weighted by molar-refractivity contribution is 0.0910. The average Bonchev–Trinajstić information content (AvgIpc) is 3.32. The number of piperazine rings is 1. The summed E-state index contributed by atoms with van der Waals surface area (Å²) >= 11 is 6.44. The molecular weight excluding hydrogens is 466 g/mol. The molecule has 1 atom stereocenters. The summed E-state index contributed by atoms with van der Waals surface area (Å²) < 4.78 is 11.2. The Labute approximate surface area is 211 Å². The molecule has 1 fully saturated rings. The van der Waals surface area contributed by atoms with Gasteiger partial charge in [-0.2, -0.15) is 0 Å². The average molecular weight is 500 g/mol. The Balaban J connectivity index is 1.18. The lowest BCUT2D eigenvalue weighted by atomic mass is 10.1. The van der Waals surface area contributed by atoms with Crippen molar-refractivity contribution in [2.45, 2.75) is 32.3 Å². The number of aliphatic hydroxyl groups is 1. The van der Waals surface area contributed by atoms with Gasteiger partial charge in [-0.05, 0) is 49.1 Å². The van der Waals surface area contributed by atoms with Crippen LogP contribution in [0.2, 0.25) is 5.02 Å². The molecule has 1 saturated heterocycles. The first-order valence-electron chi connectivity index (χ1n) is 12.3. The third kappa shape index (κ3) is 6.28. The zero-order valence-corrected chi connectivity index (χ0v) is 21.2. The van der Waals surface area contributed by atoms with Crippen LogP contribution >= 0.6 is 11.6 Å². The third-order valence-corrected chi connectivity index (χ3v) is 6.88. The number of aryl methyl sites for hydroxylation is 1. The number of furan rings is 1. The number of amides is 1. The predicted molar refractivity (Wildman–Crippen MR) is 140 cm³/mol. The molecule has 3 aromatic rings. The minimum absolute atomic E-state index is 0.257. The highest BCUT2D eigenvalue weighted by Gasteiger charge is 2.22. The number of halogens is 1. The van der Waals surface area contributed by atoms with Crippen LogP contribution in [0.15, 0.2) is 46.9 Å². The standard InChI is InChI=1S/C27H34ClN3O4/c1-3-19-16-22(28)26(34-2)23(17-19)31-14-12-30(13-15-31)11-9-21(32)8-10-29-27(33)25-18-20-6-4-5-7-24(20)35-25/h4-7,16-18,21,32H,3,8-15H2,1-2H3,(H,29,33). The SMILES string of the molecule is CCc1cc(Cl)c(OC)c(N2CCN(CCC(O)CCNC(=O)c3cc4ccccc4o3)CC2)c1. The molecule has 2 N–H and O–H groups in total. The summed E-state index contributed by atoms with van der Waals surface area (Å²) in [5, 5.41) is 14.8. The van der Waals surface area contributed by atoms with Gasteiger partial charge >= 0.3 is 0 Å². The quantitative estimate of drug-likeness (QED) is 0.432. The fourth-order valence-corrected chi connectivity index (χ4v) is 4.81. The summed E-state index contributed by atoms with van der Waals surface area (Å²) in [5.74, 6) is 0.769. The molecule has 0 radical (unpaired) electrons. The molecule has 188 valence electrons. The number of methoxy groups -OCH3 is 1. The first-order chi connectivity index (χ1) is 17.0. The number of nitrogens with zero attached hydrogens (tertiary/aromatic N) is 2. The number of carbonyl (C=O) groups excluding carboxylic acids is 1. The molecule has 1 unspecified atom stereocenters. The summed E-state index contributed by atoms with van der Waals surface area (Å²) in [6.07, 6.45) is 1.63. The number of hydrogen-bond donors (Lipinski definition) is 2. The number of fused-ring (bicyclic) bond motifs is 1. The maximum absolute atomic E-state index is 12.3. The lowest BCUT2D eigenvalue weighted by Gasteiger charge is -2.37. The number of hydrogen-bond acceptors (Lipinski definition) is 6. The van der Waals surface area contributed by atoms with Crippen molar-refractivity contribution in [1.82, 2.24) is 10.2 Å². The monoisotopic (exact) mass is 499 g/mol. The molecule has 0 spiro atoms. The Morgan fingerprint density at radius 3 is 2.66 bits per heavy atom. The molecule has 35 heavy (non-hydrogen) atoms. The van der Waals surface area contributed by atoms with Crippen molar-refractivity contribution in [3.8, 4) is 5.75 Å². The summed E-state index contributed by atoms with van der Waals surface area (Å²) in [6, 6.07) is 13.4. The van der Waals surface area contributed by atoms with Crippen LogP contribution in [0.25, 0.3) is 11.0 Å². The fraction of sp³-hybridized carbons (Fsp3) is 0.444. The van der Waals surface area contributed by atoms with E-state index in [0.29, 0.717) is 35.8 Å². The van der Waals surface area contributed by atoms with Gasteiger partial charge in [-0.15, -0.1) is 0 Å². The van der Waals surface area contributed by atoms with E-state index >= 15 is 0 Å². The van der Waals surface area contributed by atoms with Gasteiger partial charge in [0.1, 0.15) is 5.58 Å². The Hall–Kier alpha value is -2.74. The summed E-state index contributed by atoms with van der Waals surface area (Å²) in [7, 11) is 1.66. The van der Waals surface area contributed by atoms with E-state index in [1.165, 1.54) is 5.56 Å². The van der Waals surface area contributed by atoms with Crippen LogP contribution in [0.5, 0.6) is 5.75 Å². The van der Waals surface area contributed by atoms with Gasteiger partial charge in [0.2, 0.25) is 0 Å². The van der Waals surface area contributed by atoms with Gasteiger partial charge in [-0.3, -0.25) is 9.69 Å². The van der Waals surface area contributed by atoms with Crippen LogP contribution in [0.3, 0.4) is 0 Å². The largest absolute Gasteiger partial charge is 0.493 e. The van der Waals surface area contributed by atoms with E-state index in [-0.39, 0.29) is 5.91 Å². The van der Waals surface area contributed by atoms with E-state index in [9.17, 15) is 9.90 Å². The van der Waals surface area contributed by atoms with Crippen molar-refractivity contribution in [1.29, 1.82) is 0 Å². The topological polar surface area (TPSA) is 78.2 Å². The second-order valence-electron chi connectivity index (χ2n) is 8.95. The lowest BCUT2D eigenvalue weighted by Crippen LogP contribution is -2.47. The normalized spacial score (nSPS) is 15.4. The summed E-state index contributed by atoms with van der Waals surface area (Å²) in [4.78, 5) is 17.0. The maximum Gasteiger partial charge on any atom is 0.287 e. The number of ether oxygens (including phenoxy) is 1. The Morgan fingerprint density at radius 2 is 1.94 bits per heavy atom. The van der Waals surface area contributed by atoms with Gasteiger partial charge in [-0.25, -0.2) is 0 Å². The Bertz CT molecular complexity index is 1110. The van der Waals surface area contributed by atoms with Crippen LogP contribution < -0.4 is 15.0 Å². The van der Waals surface area contributed by atoms with E-state index in [0.717, 1.165) is 56.0 Å². The van der Waals surface area contributed by atoms with Crippen molar-refractivity contribution in [2.75, 3.05) is 51.3 Å². The smallest absolute Gasteiger partial charge is 0.287 e. The van der Waals surface area contributed by atoms with Crippen molar-refractivity contribution < 1.29 is 19.1 Å². The van der Waals surface area contributed by atoms with Crippen molar-refractivity contribution in [3.05, 3.63) is 58.8 Å². The van der Waals surface area contributed by atoms with Crippen LogP contribution in [0.1, 0.15) is 35.9 Å². The molecule has 1 aromatic heterocycles. The van der Waals surface area contributed by atoms with Crippen molar-refractivity contribution >= 4 is 34.2 Å². The van der Waals surface area contributed by atoms with E-state index < -0.39 is 6.10 Å². The van der Waals surface area contributed by atoms with Gasteiger partial charge in [0.15, 0.2) is 11.5 Å². The minimum Gasteiger partial charge on any atom is -0.493 e. The zero-order valence-electron chi connectivity index (χ0n) is 20.4. The third-order valence-electron chi connectivity index (χ3n) is 6.60. The molecule has 0 saturated carbocycles. The number of nitrogens with one attached hydrogen (secondary N) is 1. The summed E-state index contributed by atoms with van der Waals surface area (Å²) in [6.45, 7) is 6.92. The maximum atomic E-state index is 12.3. The molecule has 7 nitrogen and oxygen atoms in total. The van der Waals surface area contributed by atoms with E-state index in [1.807, 2.05) is 30.3 Å². The molecule has 8 heteroatoms. The molecule has 4 rings (SSSR count). The fourth-order valence-electron chi connectivity index (χ4n) is 4.50. The number of anilines is 1. The molecule has 1 aliphatic rings. The molecule has 0 aliphatic carbocycles. The highest BCUT2D eigenvalue weighted by Crippen LogP contribution is 2.37. The van der Waals surface area contributed by atoms with Crippen LogP contribution in [-0.4, -0.2) is 68.4 Å². The second-order valence-corrected chi connectivity index (χ2v) is 9.36. The molecule has 0 bridgehead atoms. The van der Waals surface area contributed by atoms with Crippen molar-refractivity contribution in [2.24, 2.45) is 0 Å². The van der Waals surface area contributed by atoms with Crippen molar-refractivity contribution in [3.63, 3.8) is 0 Å². The second kappa shape index (κ2) is 11.8. The van der Waals surface area contributed by atoms with Crippen LogP contribution in [0.4, 0.5) is 5.69 Å². The van der Waals surface area contributed by atoms with Gasteiger partial charge in [0.25, 0.3) is 5.91 Å². The zero-order chi connectivity index (χ0) is 24.8. The Morgan fingerprint density at radius 1 is 1.17 bits per heavy atom. The highest BCUT2D eigenvalue weighted by molar-refractivity contribution is 6.32. The first kappa shape index (κ1) is 25.4. The molecular formula is C27H34ClN3O4. The minimum atomic E-state index is -0.468. The van der Waals surface area contributed by atoms with E-state index in [2.05, 4.69) is 28.1 Å². The first-order valence-corrected chi connectivity index (χ1v) is 12.6. The van der Waals surface area contributed by atoms with E-state index in [1.54, 1.807) is 13.2 Å². The van der Waals surface area contributed by atoms with E-state index in [4.69, 9.17) is 20.8 Å². The van der Waals surface area contributed by atoms with Gasteiger partial charge in [0.05, 0.1) is 23.9 Å². The predicted octanol–water partition coefficient (Wildman–Crippen LogP) is 4.35. The molecule has 2 aromatic carbocycles. The number of para-hydroxylation sites is 1.